The largest absolute Gasteiger partial charge is 0.317 e. The van der Waals surface area contributed by atoms with Gasteiger partial charge < -0.3 is 5.32 Å². The summed E-state index contributed by atoms with van der Waals surface area (Å²) in [4.78, 5) is 0. The average molecular weight is 212 g/mol. The van der Waals surface area contributed by atoms with Crippen LogP contribution in [0.1, 0.15) is 31.7 Å². The highest BCUT2D eigenvalue weighted by Crippen LogP contribution is 2.21. The summed E-state index contributed by atoms with van der Waals surface area (Å²) in [5.41, 5.74) is 1.33. The Kier molecular flexibility index (Phi) is 4.99. The summed E-state index contributed by atoms with van der Waals surface area (Å²) in [6, 6.07) is 8.13. The zero-order valence-electron chi connectivity index (χ0n) is 8.89. The molecule has 0 aliphatic carbocycles. The predicted octanol–water partition coefficient (Wildman–Crippen LogP) is 3.44. The van der Waals surface area contributed by atoms with Gasteiger partial charge in [-0.05, 0) is 43.1 Å². The van der Waals surface area contributed by atoms with Crippen LogP contribution < -0.4 is 5.32 Å². The molecule has 1 rings (SSSR count). The standard InChI is InChI=1S/C12H18ClN/c1-3-14-8-7-10(2)11-5-4-6-12(13)9-11/h4-6,9-10,14H,3,7-8H2,1-2H3. The summed E-state index contributed by atoms with van der Waals surface area (Å²) >= 11 is 5.93. The van der Waals surface area contributed by atoms with Crippen LogP contribution in [0, 0.1) is 0 Å². The summed E-state index contributed by atoms with van der Waals surface area (Å²) in [6.07, 6.45) is 1.16. The van der Waals surface area contributed by atoms with Crippen LogP contribution in [0.25, 0.3) is 0 Å². The summed E-state index contributed by atoms with van der Waals surface area (Å²) in [5, 5.41) is 4.16. The van der Waals surface area contributed by atoms with Gasteiger partial charge in [-0.15, -0.1) is 0 Å². The lowest BCUT2D eigenvalue weighted by Crippen LogP contribution is -2.15. The maximum absolute atomic E-state index is 5.93. The molecule has 2 heteroatoms. The lowest BCUT2D eigenvalue weighted by atomic mass is 9.98. The minimum absolute atomic E-state index is 0.577. The van der Waals surface area contributed by atoms with Gasteiger partial charge in [-0.25, -0.2) is 0 Å². The monoisotopic (exact) mass is 211 g/mol. The minimum Gasteiger partial charge on any atom is -0.317 e. The van der Waals surface area contributed by atoms with Crippen molar-refractivity contribution in [2.24, 2.45) is 0 Å². The smallest absolute Gasteiger partial charge is 0.0408 e. The van der Waals surface area contributed by atoms with Crippen molar-refractivity contribution in [2.45, 2.75) is 26.2 Å². The van der Waals surface area contributed by atoms with E-state index in [1.165, 1.54) is 5.56 Å². The Balaban J connectivity index is 2.47. The van der Waals surface area contributed by atoms with Gasteiger partial charge in [-0.2, -0.15) is 0 Å². The maximum atomic E-state index is 5.93. The van der Waals surface area contributed by atoms with Gasteiger partial charge in [-0.3, -0.25) is 0 Å². The number of halogens is 1. The topological polar surface area (TPSA) is 12.0 Å². The number of hydrogen-bond acceptors (Lipinski definition) is 1. The fourth-order valence-electron chi connectivity index (χ4n) is 1.48. The summed E-state index contributed by atoms with van der Waals surface area (Å²) in [5.74, 6) is 0.577. The lowest BCUT2D eigenvalue weighted by Gasteiger charge is -2.12. The highest BCUT2D eigenvalue weighted by molar-refractivity contribution is 6.30. The molecule has 1 atom stereocenters. The van der Waals surface area contributed by atoms with Gasteiger partial charge in [0.25, 0.3) is 0 Å². The lowest BCUT2D eigenvalue weighted by molar-refractivity contribution is 0.609. The molecule has 0 aromatic heterocycles. The third kappa shape index (κ3) is 3.69. The second-order valence-electron chi connectivity index (χ2n) is 3.60. The number of benzene rings is 1. The molecule has 0 bridgehead atoms. The zero-order valence-corrected chi connectivity index (χ0v) is 9.64. The SMILES string of the molecule is CCNCCC(C)c1cccc(Cl)c1. The number of hydrogen-bond donors (Lipinski definition) is 1. The molecule has 78 valence electrons. The van der Waals surface area contributed by atoms with Crippen LogP contribution in [0.4, 0.5) is 0 Å². The number of rotatable bonds is 5. The Morgan fingerprint density at radius 2 is 2.21 bits per heavy atom. The Morgan fingerprint density at radius 3 is 2.86 bits per heavy atom. The Bertz CT molecular complexity index is 273. The first-order valence-corrected chi connectivity index (χ1v) is 5.58. The van der Waals surface area contributed by atoms with Crippen molar-refractivity contribution < 1.29 is 0 Å². The van der Waals surface area contributed by atoms with E-state index in [2.05, 4.69) is 31.3 Å². The first-order chi connectivity index (χ1) is 6.74. The van der Waals surface area contributed by atoms with Crippen LogP contribution in [0.5, 0.6) is 0 Å². The van der Waals surface area contributed by atoms with Gasteiger partial charge >= 0.3 is 0 Å². The molecule has 0 saturated carbocycles. The van der Waals surface area contributed by atoms with E-state index in [0.717, 1.165) is 24.5 Å². The fraction of sp³-hybridized carbons (Fsp3) is 0.500. The van der Waals surface area contributed by atoms with Crippen LogP contribution in [0.2, 0.25) is 5.02 Å². The van der Waals surface area contributed by atoms with Crippen molar-refractivity contribution in [1.82, 2.24) is 5.32 Å². The predicted molar refractivity (Wildman–Crippen MR) is 63.0 cm³/mol. The van der Waals surface area contributed by atoms with Gasteiger partial charge in [0.2, 0.25) is 0 Å². The molecular weight excluding hydrogens is 194 g/mol. The molecule has 1 nitrogen and oxygen atoms in total. The van der Waals surface area contributed by atoms with Crippen molar-refractivity contribution in [3.05, 3.63) is 34.9 Å². The molecule has 0 amide bonds. The van der Waals surface area contributed by atoms with Crippen LogP contribution >= 0.6 is 11.6 Å². The molecule has 1 unspecified atom stereocenters. The fourth-order valence-corrected chi connectivity index (χ4v) is 1.67. The molecule has 0 aliphatic heterocycles. The Labute approximate surface area is 91.5 Å². The van der Waals surface area contributed by atoms with Crippen molar-refractivity contribution in [3.8, 4) is 0 Å². The van der Waals surface area contributed by atoms with E-state index in [0.29, 0.717) is 5.92 Å². The van der Waals surface area contributed by atoms with E-state index in [9.17, 15) is 0 Å². The van der Waals surface area contributed by atoms with Crippen LogP contribution in [-0.2, 0) is 0 Å². The maximum Gasteiger partial charge on any atom is 0.0408 e. The molecule has 0 saturated heterocycles. The van der Waals surface area contributed by atoms with Gasteiger partial charge in [0.1, 0.15) is 0 Å². The first kappa shape index (κ1) is 11.5. The van der Waals surface area contributed by atoms with Crippen LogP contribution in [0.15, 0.2) is 24.3 Å². The Morgan fingerprint density at radius 1 is 1.43 bits per heavy atom. The second kappa shape index (κ2) is 6.05. The molecule has 1 aromatic carbocycles. The molecule has 0 aliphatic rings. The first-order valence-electron chi connectivity index (χ1n) is 5.20. The summed E-state index contributed by atoms with van der Waals surface area (Å²) in [7, 11) is 0. The highest BCUT2D eigenvalue weighted by Gasteiger charge is 2.04. The molecule has 0 fully saturated rings. The average Bonchev–Trinajstić information content (AvgIpc) is 2.18. The molecule has 14 heavy (non-hydrogen) atoms. The van der Waals surface area contributed by atoms with Crippen LogP contribution in [-0.4, -0.2) is 13.1 Å². The van der Waals surface area contributed by atoms with Crippen molar-refractivity contribution in [3.63, 3.8) is 0 Å². The van der Waals surface area contributed by atoms with Gasteiger partial charge in [0.05, 0.1) is 0 Å². The zero-order chi connectivity index (χ0) is 10.4. The summed E-state index contributed by atoms with van der Waals surface area (Å²) < 4.78 is 0. The quantitative estimate of drug-likeness (QED) is 0.736. The van der Waals surface area contributed by atoms with Gasteiger partial charge in [0, 0.05) is 5.02 Å². The minimum atomic E-state index is 0.577. The van der Waals surface area contributed by atoms with Gasteiger partial charge in [0.15, 0.2) is 0 Å². The van der Waals surface area contributed by atoms with E-state index in [1.54, 1.807) is 0 Å². The molecule has 1 aromatic rings. The molecule has 0 radical (unpaired) electrons. The van der Waals surface area contributed by atoms with Crippen molar-refractivity contribution in [2.75, 3.05) is 13.1 Å². The van der Waals surface area contributed by atoms with E-state index in [1.807, 2.05) is 12.1 Å². The Hall–Kier alpha value is -0.530. The van der Waals surface area contributed by atoms with E-state index in [4.69, 9.17) is 11.6 Å². The molecule has 0 heterocycles. The highest BCUT2D eigenvalue weighted by atomic mass is 35.5. The van der Waals surface area contributed by atoms with Crippen molar-refractivity contribution >= 4 is 11.6 Å². The van der Waals surface area contributed by atoms with Crippen molar-refractivity contribution in [1.29, 1.82) is 0 Å². The normalized spacial score (nSPS) is 12.8. The number of nitrogens with one attached hydrogen (secondary N) is 1. The van der Waals surface area contributed by atoms with Gasteiger partial charge in [-0.1, -0.05) is 37.6 Å². The summed E-state index contributed by atoms with van der Waals surface area (Å²) in [6.45, 7) is 6.49. The molecule has 0 spiro atoms. The van der Waals surface area contributed by atoms with E-state index in [-0.39, 0.29) is 0 Å². The molecular formula is C12H18ClN. The molecule has 1 N–H and O–H groups in total. The van der Waals surface area contributed by atoms with Crippen LogP contribution in [0.3, 0.4) is 0 Å². The van der Waals surface area contributed by atoms with E-state index < -0.39 is 0 Å². The third-order valence-electron chi connectivity index (χ3n) is 2.42. The van der Waals surface area contributed by atoms with E-state index >= 15 is 0 Å². The second-order valence-corrected chi connectivity index (χ2v) is 4.03. The third-order valence-corrected chi connectivity index (χ3v) is 2.66.